The summed E-state index contributed by atoms with van der Waals surface area (Å²) in [4.78, 5) is 14.7. The second-order valence-corrected chi connectivity index (χ2v) is 6.55. The van der Waals surface area contributed by atoms with Crippen LogP contribution in [0.25, 0.3) is 10.9 Å². The molecule has 134 valence electrons. The molecule has 0 saturated heterocycles. The SMILES string of the molecule is CCn1cc2c3c(cccc31)CN(C(=O)Nc1ccccc1OC)CC2. The van der Waals surface area contributed by atoms with Crippen molar-refractivity contribution in [3.05, 3.63) is 59.8 Å². The van der Waals surface area contributed by atoms with Crippen LogP contribution in [0, 0.1) is 0 Å². The molecule has 0 unspecified atom stereocenters. The lowest BCUT2D eigenvalue weighted by Gasteiger charge is -2.22. The van der Waals surface area contributed by atoms with Gasteiger partial charge in [-0.05, 0) is 42.7 Å². The highest BCUT2D eigenvalue weighted by Crippen LogP contribution is 2.30. The molecular formula is C21H23N3O2. The summed E-state index contributed by atoms with van der Waals surface area (Å²) in [6, 6.07) is 13.7. The van der Waals surface area contributed by atoms with Crippen LogP contribution in [0.15, 0.2) is 48.7 Å². The molecule has 0 aliphatic carbocycles. The van der Waals surface area contributed by atoms with E-state index in [-0.39, 0.29) is 6.03 Å². The lowest BCUT2D eigenvalue weighted by atomic mass is 10.1. The minimum atomic E-state index is -0.0972. The van der Waals surface area contributed by atoms with Crippen molar-refractivity contribution in [1.82, 2.24) is 9.47 Å². The van der Waals surface area contributed by atoms with E-state index in [0.717, 1.165) is 13.0 Å². The molecule has 0 atom stereocenters. The average molecular weight is 349 g/mol. The van der Waals surface area contributed by atoms with E-state index in [0.29, 0.717) is 24.5 Å². The Bertz CT molecular complexity index is 961. The van der Waals surface area contributed by atoms with Gasteiger partial charge in [0, 0.05) is 36.7 Å². The minimum absolute atomic E-state index is 0.0972. The van der Waals surface area contributed by atoms with Crippen LogP contribution in [0.4, 0.5) is 10.5 Å². The summed E-state index contributed by atoms with van der Waals surface area (Å²) in [5.74, 6) is 0.665. The Morgan fingerprint density at radius 3 is 2.81 bits per heavy atom. The highest BCUT2D eigenvalue weighted by Gasteiger charge is 2.22. The lowest BCUT2D eigenvalue weighted by molar-refractivity contribution is 0.210. The maximum Gasteiger partial charge on any atom is 0.322 e. The highest BCUT2D eigenvalue weighted by atomic mass is 16.5. The molecular weight excluding hydrogens is 326 g/mol. The highest BCUT2D eigenvalue weighted by molar-refractivity contribution is 5.92. The second kappa shape index (κ2) is 6.75. The fourth-order valence-electron chi connectivity index (χ4n) is 3.76. The number of rotatable bonds is 3. The topological polar surface area (TPSA) is 46.5 Å². The number of nitrogens with zero attached hydrogens (tertiary/aromatic N) is 2. The van der Waals surface area contributed by atoms with E-state index in [2.05, 4.69) is 41.2 Å². The van der Waals surface area contributed by atoms with Gasteiger partial charge in [0.2, 0.25) is 0 Å². The quantitative estimate of drug-likeness (QED) is 0.768. The molecule has 2 amide bonds. The first-order valence-electron chi connectivity index (χ1n) is 8.99. The van der Waals surface area contributed by atoms with Crippen LogP contribution >= 0.6 is 0 Å². The summed E-state index contributed by atoms with van der Waals surface area (Å²) in [6.45, 7) is 4.42. The van der Waals surface area contributed by atoms with Crippen molar-refractivity contribution in [1.29, 1.82) is 0 Å². The van der Waals surface area contributed by atoms with Crippen LogP contribution in [-0.2, 0) is 19.5 Å². The molecule has 3 aromatic rings. The van der Waals surface area contributed by atoms with Gasteiger partial charge in [-0.3, -0.25) is 0 Å². The number of benzene rings is 2. The molecule has 0 radical (unpaired) electrons. The van der Waals surface area contributed by atoms with E-state index in [1.165, 1.54) is 22.0 Å². The Kier molecular flexibility index (Phi) is 4.29. The standard InChI is InChI=1S/C21H23N3O2/c1-3-23-13-16-11-12-24(14-15-7-6-9-18(23)20(15)16)21(25)22-17-8-4-5-10-19(17)26-2/h4-10,13H,3,11-12,14H2,1-2H3,(H,22,25). The van der Waals surface area contributed by atoms with E-state index in [1.54, 1.807) is 7.11 Å². The zero-order valence-corrected chi connectivity index (χ0v) is 15.2. The molecule has 0 saturated carbocycles. The summed E-state index contributed by atoms with van der Waals surface area (Å²) in [7, 11) is 1.61. The van der Waals surface area contributed by atoms with Gasteiger partial charge in [0.15, 0.2) is 0 Å². The number of carbonyl (C=O) groups is 1. The number of ether oxygens (including phenoxy) is 1. The monoisotopic (exact) mass is 349 g/mol. The molecule has 4 rings (SSSR count). The van der Waals surface area contributed by atoms with Crippen LogP contribution in [0.2, 0.25) is 0 Å². The number of urea groups is 1. The summed E-state index contributed by atoms with van der Waals surface area (Å²) < 4.78 is 7.62. The molecule has 0 bridgehead atoms. The fourth-order valence-corrected chi connectivity index (χ4v) is 3.76. The average Bonchev–Trinajstić information content (AvgIpc) is 2.92. The van der Waals surface area contributed by atoms with Crippen LogP contribution in [0.3, 0.4) is 0 Å². The Morgan fingerprint density at radius 2 is 2.00 bits per heavy atom. The summed E-state index contributed by atoms with van der Waals surface area (Å²) in [6.07, 6.45) is 3.09. The third-order valence-corrected chi connectivity index (χ3v) is 5.06. The molecule has 1 aromatic heterocycles. The first kappa shape index (κ1) is 16.5. The van der Waals surface area contributed by atoms with E-state index in [9.17, 15) is 4.79 Å². The van der Waals surface area contributed by atoms with Crippen molar-refractivity contribution < 1.29 is 9.53 Å². The van der Waals surface area contributed by atoms with Gasteiger partial charge in [0.25, 0.3) is 0 Å². The van der Waals surface area contributed by atoms with Crippen molar-refractivity contribution >= 4 is 22.6 Å². The molecule has 26 heavy (non-hydrogen) atoms. The molecule has 0 spiro atoms. The molecule has 1 N–H and O–H groups in total. The molecule has 1 aliphatic heterocycles. The van der Waals surface area contributed by atoms with Gasteiger partial charge in [-0.1, -0.05) is 24.3 Å². The van der Waals surface area contributed by atoms with E-state index in [4.69, 9.17) is 4.74 Å². The molecule has 0 fully saturated rings. The lowest BCUT2D eigenvalue weighted by Crippen LogP contribution is -2.35. The Morgan fingerprint density at radius 1 is 1.15 bits per heavy atom. The predicted octanol–water partition coefficient (Wildman–Crippen LogP) is 4.26. The third-order valence-electron chi connectivity index (χ3n) is 5.06. The largest absolute Gasteiger partial charge is 0.495 e. The normalized spacial score (nSPS) is 13.5. The zero-order valence-electron chi connectivity index (χ0n) is 15.2. The maximum absolute atomic E-state index is 12.9. The van der Waals surface area contributed by atoms with Crippen LogP contribution in [-0.4, -0.2) is 29.2 Å². The number of nitrogens with one attached hydrogen (secondary N) is 1. The number of aromatic nitrogens is 1. The van der Waals surface area contributed by atoms with Crippen LogP contribution in [0.1, 0.15) is 18.1 Å². The number of hydrogen-bond donors (Lipinski definition) is 1. The van der Waals surface area contributed by atoms with Crippen molar-refractivity contribution in [2.75, 3.05) is 19.0 Å². The number of methoxy groups -OCH3 is 1. The van der Waals surface area contributed by atoms with Crippen LogP contribution in [0.5, 0.6) is 5.75 Å². The van der Waals surface area contributed by atoms with Crippen molar-refractivity contribution in [2.24, 2.45) is 0 Å². The van der Waals surface area contributed by atoms with Gasteiger partial charge in [-0.15, -0.1) is 0 Å². The van der Waals surface area contributed by atoms with E-state index in [1.807, 2.05) is 29.2 Å². The van der Waals surface area contributed by atoms with E-state index < -0.39 is 0 Å². The number of amides is 2. The minimum Gasteiger partial charge on any atom is -0.495 e. The van der Waals surface area contributed by atoms with Crippen LogP contribution < -0.4 is 10.1 Å². The van der Waals surface area contributed by atoms with Gasteiger partial charge < -0.3 is 19.5 Å². The van der Waals surface area contributed by atoms with Gasteiger partial charge in [0.1, 0.15) is 5.75 Å². The number of anilines is 1. The van der Waals surface area contributed by atoms with Gasteiger partial charge >= 0.3 is 6.03 Å². The third kappa shape index (κ3) is 2.79. The molecule has 5 nitrogen and oxygen atoms in total. The number of carbonyl (C=O) groups excluding carboxylic acids is 1. The molecule has 2 aromatic carbocycles. The van der Waals surface area contributed by atoms with Crippen molar-refractivity contribution in [3.63, 3.8) is 0 Å². The smallest absolute Gasteiger partial charge is 0.322 e. The van der Waals surface area contributed by atoms with Crippen molar-refractivity contribution in [2.45, 2.75) is 26.4 Å². The number of para-hydroxylation sites is 2. The first-order valence-corrected chi connectivity index (χ1v) is 8.99. The summed E-state index contributed by atoms with van der Waals surface area (Å²) >= 11 is 0. The van der Waals surface area contributed by atoms with Crippen molar-refractivity contribution in [3.8, 4) is 5.75 Å². The van der Waals surface area contributed by atoms with E-state index >= 15 is 0 Å². The maximum atomic E-state index is 12.9. The molecule has 1 aliphatic rings. The Balaban J connectivity index is 1.61. The Labute approximate surface area is 153 Å². The summed E-state index contributed by atoms with van der Waals surface area (Å²) in [5, 5.41) is 4.30. The molecule has 5 heteroatoms. The van der Waals surface area contributed by atoms with Gasteiger partial charge in [-0.25, -0.2) is 4.79 Å². The first-order chi connectivity index (χ1) is 12.7. The Hall–Kier alpha value is -2.95. The predicted molar refractivity (Wildman–Crippen MR) is 104 cm³/mol. The fraction of sp³-hybridized carbons (Fsp3) is 0.286. The number of aryl methyl sites for hydroxylation is 1. The summed E-state index contributed by atoms with van der Waals surface area (Å²) in [5.41, 5.74) is 4.48. The van der Waals surface area contributed by atoms with Gasteiger partial charge in [-0.2, -0.15) is 0 Å². The zero-order chi connectivity index (χ0) is 18.1. The number of hydrogen-bond acceptors (Lipinski definition) is 2. The van der Waals surface area contributed by atoms with Gasteiger partial charge in [0.05, 0.1) is 12.8 Å². The second-order valence-electron chi connectivity index (χ2n) is 6.55. The molecule has 2 heterocycles.